The molecule has 0 aromatic heterocycles. The summed E-state index contributed by atoms with van der Waals surface area (Å²) in [5, 5.41) is 13.0. The summed E-state index contributed by atoms with van der Waals surface area (Å²) in [6, 6.07) is 0.701. The van der Waals surface area contributed by atoms with E-state index in [0.717, 1.165) is 45.2 Å². The molecule has 3 fully saturated rings. The Morgan fingerprint density at radius 1 is 1.15 bits per heavy atom. The van der Waals surface area contributed by atoms with Crippen LogP contribution in [0, 0.1) is 5.92 Å². The van der Waals surface area contributed by atoms with Gasteiger partial charge >= 0.3 is 0 Å². The summed E-state index contributed by atoms with van der Waals surface area (Å²) in [4.78, 5) is 14.7. The number of hydrogen-bond acceptors (Lipinski definition) is 4. The van der Waals surface area contributed by atoms with E-state index in [-0.39, 0.29) is 24.0 Å². The van der Waals surface area contributed by atoms with Gasteiger partial charge in [-0.3, -0.25) is 9.69 Å². The van der Waals surface area contributed by atoms with Gasteiger partial charge in [0.05, 0.1) is 6.10 Å². The Morgan fingerprint density at radius 3 is 2.65 bits per heavy atom. The average molecular weight is 282 g/mol. The van der Waals surface area contributed by atoms with Gasteiger partial charge in [0.15, 0.2) is 0 Å². The van der Waals surface area contributed by atoms with Crippen LogP contribution in [-0.4, -0.2) is 60.4 Å². The van der Waals surface area contributed by atoms with Crippen LogP contribution in [0.2, 0.25) is 0 Å². The van der Waals surface area contributed by atoms with Crippen LogP contribution in [0.4, 0.5) is 0 Å². The number of nitrogens with one attached hydrogen (secondary N) is 1. The Bertz CT molecular complexity index is 344. The highest BCUT2D eigenvalue weighted by atomic mass is 16.5. The number of β-amino-alcohol motifs (C(OH)–C–C–N with tert-alkyl or cyclic N) is 1. The first-order chi connectivity index (χ1) is 9.74. The largest absolute Gasteiger partial charge is 0.392 e. The summed E-state index contributed by atoms with van der Waals surface area (Å²) in [7, 11) is 0. The first-order valence-electron chi connectivity index (χ1n) is 8.04. The summed E-state index contributed by atoms with van der Waals surface area (Å²) in [5.74, 6) is 0.346. The molecule has 5 heteroatoms. The fourth-order valence-corrected chi connectivity index (χ4v) is 3.88. The lowest BCUT2D eigenvalue weighted by atomic mass is 9.98. The van der Waals surface area contributed by atoms with Crippen molar-refractivity contribution in [2.45, 2.75) is 56.7 Å². The van der Waals surface area contributed by atoms with E-state index in [2.05, 4.69) is 10.2 Å². The molecule has 0 aromatic carbocycles. The Labute approximate surface area is 120 Å². The fraction of sp³-hybridized carbons (Fsp3) is 0.933. The molecule has 1 amide bonds. The zero-order valence-electron chi connectivity index (χ0n) is 12.1. The van der Waals surface area contributed by atoms with E-state index < -0.39 is 0 Å². The zero-order chi connectivity index (χ0) is 13.9. The Morgan fingerprint density at radius 2 is 1.95 bits per heavy atom. The number of amides is 1. The molecule has 20 heavy (non-hydrogen) atoms. The van der Waals surface area contributed by atoms with Crippen molar-refractivity contribution in [2.75, 3.05) is 26.3 Å². The quantitative estimate of drug-likeness (QED) is 0.792. The third-order valence-corrected chi connectivity index (χ3v) is 5.06. The first-order valence-corrected chi connectivity index (χ1v) is 8.04. The summed E-state index contributed by atoms with van der Waals surface area (Å²) >= 11 is 0. The molecule has 3 atom stereocenters. The molecule has 0 bridgehead atoms. The lowest BCUT2D eigenvalue weighted by Gasteiger charge is -2.31. The highest BCUT2D eigenvalue weighted by Gasteiger charge is 2.37. The van der Waals surface area contributed by atoms with E-state index in [9.17, 15) is 9.90 Å². The molecule has 1 unspecified atom stereocenters. The summed E-state index contributed by atoms with van der Waals surface area (Å²) in [6.07, 6.45) is 5.80. The maximum atomic E-state index is 12.3. The van der Waals surface area contributed by atoms with Crippen molar-refractivity contribution in [3.05, 3.63) is 0 Å². The summed E-state index contributed by atoms with van der Waals surface area (Å²) < 4.78 is 5.32. The van der Waals surface area contributed by atoms with Gasteiger partial charge in [0.1, 0.15) is 0 Å². The third-order valence-electron chi connectivity index (χ3n) is 5.06. The molecule has 5 nitrogen and oxygen atoms in total. The standard InChI is InChI=1S/C15H26N2O3/c18-12-4-7-17(10-12)14-3-1-2-13(14)16-15(19)11-5-8-20-9-6-11/h11-14,18H,1-10H2,(H,16,19)/t12?,13-,14+/m1/s1. The SMILES string of the molecule is O=C(N[C@@H]1CCC[C@@H]1N1CCC(O)C1)C1CCOCC1. The predicted molar refractivity (Wildman–Crippen MR) is 75.3 cm³/mol. The number of aliphatic hydroxyl groups is 1. The monoisotopic (exact) mass is 282 g/mol. The minimum Gasteiger partial charge on any atom is -0.392 e. The molecule has 1 aliphatic carbocycles. The van der Waals surface area contributed by atoms with Crippen molar-refractivity contribution in [3.8, 4) is 0 Å². The van der Waals surface area contributed by atoms with E-state index >= 15 is 0 Å². The Kier molecular flexibility index (Phi) is 4.58. The summed E-state index contributed by atoms with van der Waals surface area (Å²) in [5.41, 5.74) is 0. The van der Waals surface area contributed by atoms with Crippen molar-refractivity contribution < 1.29 is 14.6 Å². The van der Waals surface area contributed by atoms with Gasteiger partial charge in [-0.25, -0.2) is 0 Å². The van der Waals surface area contributed by atoms with Gasteiger partial charge in [-0.2, -0.15) is 0 Å². The van der Waals surface area contributed by atoms with Gasteiger partial charge in [-0.15, -0.1) is 0 Å². The molecule has 3 aliphatic rings. The first kappa shape index (κ1) is 14.3. The van der Waals surface area contributed by atoms with Crippen LogP contribution in [0.15, 0.2) is 0 Å². The fourth-order valence-electron chi connectivity index (χ4n) is 3.88. The van der Waals surface area contributed by atoms with Gasteiger partial charge < -0.3 is 15.2 Å². The van der Waals surface area contributed by atoms with E-state index in [1.165, 1.54) is 6.42 Å². The van der Waals surface area contributed by atoms with Gasteiger partial charge in [-0.05, 0) is 38.5 Å². The number of carbonyl (C=O) groups excluding carboxylic acids is 1. The molecule has 0 spiro atoms. The third kappa shape index (κ3) is 3.15. The molecule has 2 heterocycles. The molecule has 2 saturated heterocycles. The van der Waals surface area contributed by atoms with E-state index in [1.807, 2.05) is 0 Å². The van der Waals surface area contributed by atoms with Crippen LogP contribution in [0.1, 0.15) is 38.5 Å². The normalized spacial score (nSPS) is 36.4. The maximum absolute atomic E-state index is 12.3. The van der Waals surface area contributed by atoms with Crippen LogP contribution in [0.5, 0.6) is 0 Å². The van der Waals surface area contributed by atoms with Crippen molar-refractivity contribution in [2.24, 2.45) is 5.92 Å². The molecule has 3 rings (SSSR count). The van der Waals surface area contributed by atoms with Crippen molar-refractivity contribution in [1.29, 1.82) is 0 Å². The van der Waals surface area contributed by atoms with Crippen LogP contribution >= 0.6 is 0 Å². The van der Waals surface area contributed by atoms with Gasteiger partial charge in [-0.1, -0.05) is 0 Å². The van der Waals surface area contributed by atoms with Crippen LogP contribution < -0.4 is 5.32 Å². The van der Waals surface area contributed by atoms with Crippen LogP contribution in [0.25, 0.3) is 0 Å². The Hall–Kier alpha value is -0.650. The second-order valence-corrected chi connectivity index (χ2v) is 6.44. The molecule has 114 valence electrons. The van der Waals surface area contributed by atoms with Gasteiger partial charge in [0.25, 0.3) is 0 Å². The lowest BCUT2D eigenvalue weighted by molar-refractivity contribution is -0.128. The zero-order valence-corrected chi connectivity index (χ0v) is 12.1. The number of nitrogens with zero attached hydrogens (tertiary/aromatic N) is 1. The van der Waals surface area contributed by atoms with Gasteiger partial charge in [0, 0.05) is 44.3 Å². The second-order valence-electron chi connectivity index (χ2n) is 6.44. The molecule has 0 aromatic rings. The van der Waals surface area contributed by atoms with Crippen molar-refractivity contribution >= 4 is 5.91 Å². The van der Waals surface area contributed by atoms with Crippen molar-refractivity contribution in [1.82, 2.24) is 10.2 Å². The maximum Gasteiger partial charge on any atom is 0.223 e. The number of aliphatic hydroxyl groups excluding tert-OH is 1. The summed E-state index contributed by atoms with van der Waals surface area (Å²) in [6.45, 7) is 3.17. The number of likely N-dealkylation sites (tertiary alicyclic amines) is 1. The topological polar surface area (TPSA) is 61.8 Å². The number of hydrogen-bond donors (Lipinski definition) is 2. The highest BCUT2D eigenvalue weighted by Crippen LogP contribution is 2.28. The molecule has 0 radical (unpaired) electrons. The molecule has 2 N–H and O–H groups in total. The Balaban J connectivity index is 1.54. The molecule has 1 saturated carbocycles. The van der Waals surface area contributed by atoms with Crippen LogP contribution in [0.3, 0.4) is 0 Å². The number of carbonyl (C=O) groups is 1. The van der Waals surface area contributed by atoms with E-state index in [1.54, 1.807) is 0 Å². The average Bonchev–Trinajstić information content (AvgIpc) is 3.08. The van der Waals surface area contributed by atoms with E-state index in [4.69, 9.17) is 4.74 Å². The second kappa shape index (κ2) is 6.41. The van der Waals surface area contributed by atoms with Crippen LogP contribution in [-0.2, 0) is 9.53 Å². The number of rotatable bonds is 3. The molecular weight excluding hydrogens is 256 g/mol. The smallest absolute Gasteiger partial charge is 0.223 e. The van der Waals surface area contributed by atoms with E-state index in [0.29, 0.717) is 19.3 Å². The minimum atomic E-state index is -0.178. The predicted octanol–water partition coefficient (Wildman–Crippen LogP) is 0.517. The van der Waals surface area contributed by atoms with Gasteiger partial charge in [0.2, 0.25) is 5.91 Å². The minimum absolute atomic E-state index is 0.133. The van der Waals surface area contributed by atoms with Crippen molar-refractivity contribution in [3.63, 3.8) is 0 Å². The molecular formula is C15H26N2O3. The molecule has 2 aliphatic heterocycles. The lowest BCUT2D eigenvalue weighted by Crippen LogP contribution is -2.50. The highest BCUT2D eigenvalue weighted by molar-refractivity contribution is 5.79. The number of ether oxygens (including phenoxy) is 1.